The predicted molar refractivity (Wildman–Crippen MR) is 84.1 cm³/mol. The van der Waals surface area contributed by atoms with E-state index in [-0.39, 0.29) is 11.5 Å². The lowest BCUT2D eigenvalue weighted by Gasteiger charge is -2.07. The van der Waals surface area contributed by atoms with E-state index in [2.05, 4.69) is 26.6 Å². The van der Waals surface area contributed by atoms with Gasteiger partial charge in [0.05, 0.1) is 0 Å². The molecule has 0 aliphatic heterocycles. The topological polar surface area (TPSA) is 64.9 Å². The number of carbonyl (C=O) groups excluding carboxylic acids is 1. The third-order valence-electron chi connectivity index (χ3n) is 2.74. The normalized spacial score (nSPS) is 10.8. The molecule has 0 fully saturated rings. The number of benzene rings is 1. The first-order valence-electron chi connectivity index (χ1n) is 6.49. The lowest BCUT2D eigenvalue weighted by molar-refractivity contribution is -0.117. The molecule has 1 amide bonds. The molecule has 0 aliphatic rings. The zero-order valence-corrected chi connectivity index (χ0v) is 13.3. The summed E-state index contributed by atoms with van der Waals surface area (Å²) in [6.45, 7) is 4.59. The number of hydrogen-bond acceptors (Lipinski definition) is 3. The Labute approximate surface area is 128 Å². The van der Waals surface area contributed by atoms with Gasteiger partial charge in [0, 0.05) is 22.9 Å². The molecule has 0 radical (unpaired) electrons. The SMILES string of the molecule is CCCCNC(=O)/C(C#N)=C\Nc1ccc(Br)cc1C. The summed E-state index contributed by atoms with van der Waals surface area (Å²) in [5, 5.41) is 14.7. The van der Waals surface area contributed by atoms with Gasteiger partial charge in [-0.3, -0.25) is 4.79 Å². The summed E-state index contributed by atoms with van der Waals surface area (Å²) in [5.74, 6) is -0.344. The highest BCUT2D eigenvalue weighted by Crippen LogP contribution is 2.20. The lowest BCUT2D eigenvalue weighted by atomic mass is 10.2. The van der Waals surface area contributed by atoms with Crippen molar-refractivity contribution in [2.75, 3.05) is 11.9 Å². The minimum atomic E-state index is -0.344. The fourth-order valence-electron chi connectivity index (χ4n) is 1.56. The van der Waals surface area contributed by atoms with Crippen LogP contribution in [-0.2, 0) is 4.79 Å². The maximum atomic E-state index is 11.8. The van der Waals surface area contributed by atoms with Gasteiger partial charge in [0.1, 0.15) is 11.6 Å². The Morgan fingerprint density at radius 1 is 1.50 bits per heavy atom. The highest BCUT2D eigenvalue weighted by Gasteiger charge is 2.07. The Bertz CT molecular complexity index is 547. The number of nitrogens with zero attached hydrogens (tertiary/aromatic N) is 1. The van der Waals surface area contributed by atoms with Crippen LogP contribution in [0.5, 0.6) is 0 Å². The minimum Gasteiger partial charge on any atom is -0.360 e. The van der Waals surface area contributed by atoms with Crippen molar-refractivity contribution >= 4 is 27.5 Å². The van der Waals surface area contributed by atoms with Crippen LogP contribution in [0.2, 0.25) is 0 Å². The van der Waals surface area contributed by atoms with Gasteiger partial charge in [-0.1, -0.05) is 29.3 Å². The molecular formula is C15H18BrN3O. The summed E-state index contributed by atoms with van der Waals surface area (Å²) in [7, 11) is 0. The Morgan fingerprint density at radius 3 is 2.85 bits per heavy atom. The van der Waals surface area contributed by atoms with E-state index in [1.165, 1.54) is 6.20 Å². The third kappa shape index (κ3) is 5.06. The van der Waals surface area contributed by atoms with Crippen molar-refractivity contribution in [1.29, 1.82) is 5.26 Å². The van der Waals surface area contributed by atoms with Gasteiger partial charge in [0.25, 0.3) is 5.91 Å². The predicted octanol–water partition coefficient (Wildman–Crippen LogP) is 3.49. The Morgan fingerprint density at radius 2 is 2.25 bits per heavy atom. The van der Waals surface area contributed by atoms with Gasteiger partial charge in [-0.15, -0.1) is 0 Å². The van der Waals surface area contributed by atoms with Crippen LogP contribution >= 0.6 is 15.9 Å². The molecule has 1 aromatic rings. The van der Waals surface area contributed by atoms with Crippen LogP contribution in [-0.4, -0.2) is 12.5 Å². The third-order valence-corrected chi connectivity index (χ3v) is 3.23. The van der Waals surface area contributed by atoms with Crippen molar-refractivity contribution in [3.8, 4) is 6.07 Å². The van der Waals surface area contributed by atoms with Crippen molar-refractivity contribution in [2.24, 2.45) is 0 Å². The fraction of sp³-hybridized carbons (Fsp3) is 0.333. The number of unbranched alkanes of at least 4 members (excludes halogenated alkanes) is 1. The number of aryl methyl sites for hydroxylation is 1. The Hall–Kier alpha value is -1.80. The van der Waals surface area contributed by atoms with Crippen LogP contribution in [0, 0.1) is 18.3 Å². The monoisotopic (exact) mass is 335 g/mol. The quantitative estimate of drug-likeness (QED) is 0.475. The summed E-state index contributed by atoms with van der Waals surface area (Å²) < 4.78 is 0.988. The van der Waals surface area contributed by atoms with Crippen molar-refractivity contribution in [2.45, 2.75) is 26.7 Å². The molecule has 0 aromatic heterocycles. The van der Waals surface area contributed by atoms with Crippen LogP contribution in [0.3, 0.4) is 0 Å². The van der Waals surface area contributed by atoms with Crippen LogP contribution in [0.1, 0.15) is 25.3 Å². The van der Waals surface area contributed by atoms with Crippen molar-refractivity contribution in [1.82, 2.24) is 5.32 Å². The molecular weight excluding hydrogens is 318 g/mol. The van der Waals surface area contributed by atoms with Crippen molar-refractivity contribution in [3.63, 3.8) is 0 Å². The molecule has 0 bridgehead atoms. The van der Waals surface area contributed by atoms with Crippen LogP contribution in [0.15, 0.2) is 34.4 Å². The van der Waals surface area contributed by atoms with E-state index in [0.717, 1.165) is 28.6 Å². The number of halogens is 1. The molecule has 0 spiro atoms. The molecule has 1 rings (SSSR count). The van der Waals surface area contributed by atoms with Gasteiger partial charge in [-0.2, -0.15) is 5.26 Å². The Kier molecular flexibility index (Phi) is 6.82. The lowest BCUT2D eigenvalue weighted by Crippen LogP contribution is -2.25. The second kappa shape index (κ2) is 8.39. The molecule has 106 valence electrons. The first kappa shape index (κ1) is 16.3. The number of nitrogens with one attached hydrogen (secondary N) is 2. The highest BCUT2D eigenvalue weighted by atomic mass is 79.9. The fourth-order valence-corrected chi connectivity index (χ4v) is 2.04. The van der Waals surface area contributed by atoms with E-state index in [1.807, 2.05) is 38.1 Å². The zero-order valence-electron chi connectivity index (χ0n) is 11.7. The molecule has 2 N–H and O–H groups in total. The first-order valence-corrected chi connectivity index (χ1v) is 7.29. The van der Waals surface area contributed by atoms with E-state index in [9.17, 15) is 4.79 Å². The van der Waals surface area contributed by atoms with E-state index >= 15 is 0 Å². The zero-order chi connectivity index (χ0) is 15.0. The van der Waals surface area contributed by atoms with E-state index in [4.69, 9.17) is 5.26 Å². The number of nitriles is 1. The van der Waals surface area contributed by atoms with Gasteiger partial charge in [0.2, 0.25) is 0 Å². The van der Waals surface area contributed by atoms with Gasteiger partial charge in [-0.05, 0) is 37.1 Å². The second-order valence-corrected chi connectivity index (χ2v) is 5.30. The van der Waals surface area contributed by atoms with Gasteiger partial charge in [0.15, 0.2) is 0 Å². The molecule has 0 saturated carbocycles. The van der Waals surface area contributed by atoms with Crippen molar-refractivity contribution in [3.05, 3.63) is 40.0 Å². The van der Waals surface area contributed by atoms with Gasteiger partial charge < -0.3 is 10.6 Å². The van der Waals surface area contributed by atoms with E-state index in [0.29, 0.717) is 6.54 Å². The summed E-state index contributed by atoms with van der Waals surface area (Å²) in [4.78, 5) is 11.8. The number of rotatable bonds is 6. The maximum Gasteiger partial charge on any atom is 0.263 e. The Balaban J connectivity index is 2.70. The molecule has 0 aliphatic carbocycles. The number of hydrogen-bond donors (Lipinski definition) is 2. The molecule has 1 aromatic carbocycles. The average molecular weight is 336 g/mol. The molecule has 4 nitrogen and oxygen atoms in total. The number of carbonyl (C=O) groups is 1. The molecule has 0 heterocycles. The standard InChI is InChI=1S/C15H18BrN3O/c1-3-4-7-18-15(20)12(9-17)10-19-14-6-5-13(16)8-11(14)2/h5-6,8,10,19H,3-4,7H2,1-2H3,(H,18,20)/b12-10-. The highest BCUT2D eigenvalue weighted by molar-refractivity contribution is 9.10. The molecule has 0 unspecified atom stereocenters. The van der Waals surface area contributed by atoms with Gasteiger partial charge in [-0.25, -0.2) is 0 Å². The minimum absolute atomic E-state index is 0.0726. The number of amides is 1. The molecule has 5 heteroatoms. The van der Waals surface area contributed by atoms with E-state index in [1.54, 1.807) is 0 Å². The summed E-state index contributed by atoms with van der Waals surface area (Å²) in [6, 6.07) is 7.66. The first-order chi connectivity index (χ1) is 9.58. The maximum absolute atomic E-state index is 11.8. The largest absolute Gasteiger partial charge is 0.360 e. The molecule has 20 heavy (non-hydrogen) atoms. The van der Waals surface area contributed by atoms with Crippen molar-refractivity contribution < 1.29 is 4.79 Å². The summed E-state index contributed by atoms with van der Waals surface area (Å²) in [5.41, 5.74) is 1.96. The molecule has 0 atom stereocenters. The number of anilines is 1. The summed E-state index contributed by atoms with van der Waals surface area (Å²) >= 11 is 3.39. The van der Waals surface area contributed by atoms with Crippen LogP contribution in [0.25, 0.3) is 0 Å². The van der Waals surface area contributed by atoms with Crippen LogP contribution < -0.4 is 10.6 Å². The van der Waals surface area contributed by atoms with Gasteiger partial charge >= 0.3 is 0 Å². The van der Waals surface area contributed by atoms with Crippen LogP contribution in [0.4, 0.5) is 5.69 Å². The summed E-state index contributed by atoms with van der Waals surface area (Å²) in [6.07, 6.45) is 3.35. The second-order valence-electron chi connectivity index (χ2n) is 4.38. The van der Waals surface area contributed by atoms with E-state index < -0.39 is 0 Å². The average Bonchev–Trinajstić information content (AvgIpc) is 2.42. The smallest absolute Gasteiger partial charge is 0.263 e. The molecule has 0 saturated heterocycles.